The van der Waals surface area contributed by atoms with E-state index in [1.54, 1.807) is 0 Å². The Morgan fingerprint density at radius 1 is 1.29 bits per heavy atom. The number of piperazine rings is 1. The maximum atomic E-state index is 11.4. The number of sulfone groups is 1. The fourth-order valence-corrected chi connectivity index (χ4v) is 4.04. The summed E-state index contributed by atoms with van der Waals surface area (Å²) in [6, 6.07) is 0.527. The summed E-state index contributed by atoms with van der Waals surface area (Å²) in [6.07, 6.45) is 5.48. The quantitative estimate of drug-likeness (QED) is 0.746. The van der Waals surface area contributed by atoms with E-state index in [0.717, 1.165) is 38.9 Å². The molecule has 2 unspecified atom stereocenters. The van der Waals surface area contributed by atoms with Crippen molar-refractivity contribution in [2.45, 2.75) is 65.0 Å². The lowest BCUT2D eigenvalue weighted by molar-refractivity contribution is 0.0206. The van der Waals surface area contributed by atoms with Crippen molar-refractivity contribution < 1.29 is 8.42 Å². The van der Waals surface area contributed by atoms with Crippen molar-refractivity contribution in [3.05, 3.63) is 0 Å². The van der Waals surface area contributed by atoms with Crippen LogP contribution in [0.4, 0.5) is 0 Å². The van der Waals surface area contributed by atoms with E-state index in [-0.39, 0.29) is 5.54 Å². The third-order valence-electron chi connectivity index (χ3n) is 5.37. The Morgan fingerprint density at radius 2 is 1.90 bits per heavy atom. The molecule has 126 valence electrons. The van der Waals surface area contributed by atoms with Gasteiger partial charge < -0.3 is 5.32 Å². The van der Waals surface area contributed by atoms with Gasteiger partial charge in [0.1, 0.15) is 9.84 Å². The van der Waals surface area contributed by atoms with Crippen LogP contribution in [-0.2, 0) is 9.84 Å². The Bertz CT molecular complexity index is 405. The molecule has 1 saturated heterocycles. The normalized spacial score (nSPS) is 24.9. The molecule has 0 saturated carbocycles. The first kappa shape index (κ1) is 18.9. The number of nitrogens with one attached hydrogen (secondary N) is 1. The Morgan fingerprint density at radius 3 is 2.38 bits per heavy atom. The molecule has 2 atom stereocenters. The van der Waals surface area contributed by atoms with E-state index < -0.39 is 9.84 Å². The van der Waals surface area contributed by atoms with Gasteiger partial charge in [0, 0.05) is 30.9 Å². The zero-order chi connectivity index (χ0) is 16.1. The summed E-state index contributed by atoms with van der Waals surface area (Å²) in [5, 5.41) is 3.74. The Kier molecular flexibility index (Phi) is 7.14. The molecule has 0 aromatic carbocycles. The lowest BCUT2D eigenvalue weighted by atomic mass is 9.84. The predicted molar refractivity (Wildman–Crippen MR) is 90.5 cm³/mol. The Labute approximate surface area is 131 Å². The van der Waals surface area contributed by atoms with Gasteiger partial charge in [0.25, 0.3) is 0 Å². The minimum atomic E-state index is -2.85. The SMILES string of the molecule is CCC(C)C1CN(CCCS(C)(=O)=O)C(CC)(CC)CN1. The van der Waals surface area contributed by atoms with Crippen LogP contribution in [0.5, 0.6) is 0 Å². The summed E-state index contributed by atoms with van der Waals surface area (Å²) < 4.78 is 22.7. The summed E-state index contributed by atoms with van der Waals surface area (Å²) >= 11 is 0. The second kappa shape index (κ2) is 7.93. The molecule has 1 rings (SSSR count). The van der Waals surface area contributed by atoms with Crippen LogP contribution >= 0.6 is 0 Å². The van der Waals surface area contributed by atoms with Gasteiger partial charge in [-0.25, -0.2) is 8.42 Å². The standard InChI is InChI=1S/C16H34N2O2S/c1-6-14(4)15-12-18(10-9-11-21(5,19)20)16(7-2,8-3)13-17-15/h14-15,17H,6-13H2,1-5H3. The molecule has 5 heteroatoms. The van der Waals surface area contributed by atoms with Crippen LogP contribution in [0.25, 0.3) is 0 Å². The monoisotopic (exact) mass is 318 g/mol. The third kappa shape index (κ3) is 5.22. The van der Waals surface area contributed by atoms with Crippen molar-refractivity contribution >= 4 is 9.84 Å². The maximum absolute atomic E-state index is 11.4. The Balaban J connectivity index is 2.74. The molecular formula is C16H34N2O2S. The van der Waals surface area contributed by atoms with Crippen molar-refractivity contribution in [1.29, 1.82) is 0 Å². The number of rotatable bonds is 8. The molecule has 21 heavy (non-hydrogen) atoms. The summed E-state index contributed by atoms with van der Waals surface area (Å²) in [6.45, 7) is 12.0. The van der Waals surface area contributed by atoms with Crippen molar-refractivity contribution in [3.63, 3.8) is 0 Å². The second-order valence-electron chi connectivity index (χ2n) is 6.73. The fourth-order valence-electron chi connectivity index (χ4n) is 3.39. The van der Waals surface area contributed by atoms with Crippen LogP contribution in [0.2, 0.25) is 0 Å². The van der Waals surface area contributed by atoms with E-state index in [2.05, 4.69) is 37.9 Å². The largest absolute Gasteiger partial charge is 0.311 e. The molecule has 0 spiro atoms. The van der Waals surface area contributed by atoms with Crippen LogP contribution in [-0.4, -0.2) is 56.5 Å². The molecule has 1 aliphatic heterocycles. The molecule has 0 aromatic rings. The van der Waals surface area contributed by atoms with E-state index in [1.165, 1.54) is 12.7 Å². The zero-order valence-electron chi connectivity index (χ0n) is 14.5. The minimum Gasteiger partial charge on any atom is -0.311 e. The molecule has 1 aliphatic rings. The van der Waals surface area contributed by atoms with E-state index in [9.17, 15) is 8.42 Å². The fraction of sp³-hybridized carbons (Fsp3) is 1.00. The van der Waals surface area contributed by atoms with Crippen LogP contribution in [0.3, 0.4) is 0 Å². The third-order valence-corrected chi connectivity index (χ3v) is 6.40. The van der Waals surface area contributed by atoms with E-state index in [0.29, 0.717) is 17.7 Å². The highest BCUT2D eigenvalue weighted by atomic mass is 32.2. The summed E-state index contributed by atoms with van der Waals surface area (Å²) in [4.78, 5) is 2.56. The minimum absolute atomic E-state index is 0.196. The van der Waals surface area contributed by atoms with Gasteiger partial charge in [0.15, 0.2) is 0 Å². The van der Waals surface area contributed by atoms with E-state index in [1.807, 2.05) is 0 Å². The molecule has 0 amide bonds. The molecule has 0 aliphatic carbocycles. The van der Waals surface area contributed by atoms with Crippen molar-refractivity contribution in [2.75, 3.05) is 31.6 Å². The highest BCUT2D eigenvalue weighted by Crippen LogP contribution is 2.29. The van der Waals surface area contributed by atoms with Gasteiger partial charge in [-0.2, -0.15) is 0 Å². The van der Waals surface area contributed by atoms with Gasteiger partial charge in [-0.05, 0) is 31.7 Å². The first-order valence-electron chi connectivity index (χ1n) is 8.44. The van der Waals surface area contributed by atoms with Crippen molar-refractivity contribution in [3.8, 4) is 0 Å². The first-order chi connectivity index (χ1) is 9.78. The van der Waals surface area contributed by atoms with Gasteiger partial charge in [-0.3, -0.25) is 4.90 Å². The highest BCUT2D eigenvalue weighted by molar-refractivity contribution is 7.90. The van der Waals surface area contributed by atoms with E-state index >= 15 is 0 Å². The molecular weight excluding hydrogens is 284 g/mol. The van der Waals surface area contributed by atoms with Crippen molar-refractivity contribution in [2.24, 2.45) is 5.92 Å². The number of nitrogens with zero attached hydrogens (tertiary/aromatic N) is 1. The molecule has 0 bridgehead atoms. The molecule has 4 nitrogen and oxygen atoms in total. The molecule has 0 radical (unpaired) electrons. The van der Waals surface area contributed by atoms with Crippen LogP contribution < -0.4 is 5.32 Å². The smallest absolute Gasteiger partial charge is 0.147 e. The van der Waals surface area contributed by atoms with Gasteiger partial charge in [0.05, 0.1) is 5.75 Å². The average Bonchev–Trinajstić information content (AvgIpc) is 2.45. The lowest BCUT2D eigenvalue weighted by Gasteiger charge is -2.51. The molecule has 1 N–H and O–H groups in total. The van der Waals surface area contributed by atoms with Crippen LogP contribution in [0.1, 0.15) is 53.4 Å². The topological polar surface area (TPSA) is 49.4 Å². The number of hydrogen-bond donors (Lipinski definition) is 1. The summed E-state index contributed by atoms with van der Waals surface area (Å²) in [5.74, 6) is 0.961. The van der Waals surface area contributed by atoms with Crippen molar-refractivity contribution in [1.82, 2.24) is 10.2 Å². The highest BCUT2D eigenvalue weighted by Gasteiger charge is 2.39. The van der Waals surface area contributed by atoms with Gasteiger partial charge in [0.2, 0.25) is 0 Å². The Hall–Kier alpha value is -0.130. The van der Waals surface area contributed by atoms with Crippen LogP contribution in [0, 0.1) is 5.92 Å². The predicted octanol–water partition coefficient (Wildman–Crippen LogP) is 2.30. The lowest BCUT2D eigenvalue weighted by Crippen LogP contribution is -2.65. The van der Waals surface area contributed by atoms with Gasteiger partial charge >= 0.3 is 0 Å². The number of hydrogen-bond acceptors (Lipinski definition) is 4. The molecule has 1 fully saturated rings. The molecule has 0 aromatic heterocycles. The second-order valence-corrected chi connectivity index (χ2v) is 8.99. The molecule has 1 heterocycles. The first-order valence-corrected chi connectivity index (χ1v) is 10.5. The zero-order valence-corrected chi connectivity index (χ0v) is 15.3. The van der Waals surface area contributed by atoms with E-state index in [4.69, 9.17) is 0 Å². The van der Waals surface area contributed by atoms with Gasteiger partial charge in [-0.15, -0.1) is 0 Å². The maximum Gasteiger partial charge on any atom is 0.147 e. The van der Waals surface area contributed by atoms with Crippen LogP contribution in [0.15, 0.2) is 0 Å². The average molecular weight is 319 g/mol. The summed E-state index contributed by atoms with van der Waals surface area (Å²) in [7, 11) is -2.85. The summed E-state index contributed by atoms with van der Waals surface area (Å²) in [5.41, 5.74) is 0.196. The van der Waals surface area contributed by atoms with Gasteiger partial charge in [-0.1, -0.05) is 34.1 Å².